The molecule has 0 aromatic carbocycles. The van der Waals surface area contributed by atoms with Crippen molar-refractivity contribution in [2.75, 3.05) is 44.7 Å². The molecular weight excluding hydrogens is 280 g/mol. The number of ether oxygens (including phenoxy) is 1. The largest absolute Gasteiger partial charge is 0.477 e. The highest BCUT2D eigenvalue weighted by molar-refractivity contribution is 5.86. The smallest absolute Gasteiger partial charge is 0.354 e. The van der Waals surface area contributed by atoms with Crippen molar-refractivity contribution in [1.82, 2.24) is 9.88 Å². The number of carboxylic acids is 1. The molecule has 0 radical (unpaired) electrons. The number of nitro groups is 1. The van der Waals surface area contributed by atoms with Gasteiger partial charge in [0.15, 0.2) is 5.69 Å². The van der Waals surface area contributed by atoms with E-state index in [2.05, 4.69) is 15.2 Å². The topological polar surface area (TPSA) is 118 Å². The van der Waals surface area contributed by atoms with Crippen LogP contribution in [0.15, 0.2) is 12.1 Å². The number of aromatic nitrogens is 1. The van der Waals surface area contributed by atoms with Gasteiger partial charge in [-0.3, -0.25) is 15.0 Å². The van der Waals surface area contributed by atoms with Gasteiger partial charge in [-0.1, -0.05) is 0 Å². The molecule has 1 aliphatic rings. The lowest BCUT2D eigenvalue weighted by Gasteiger charge is -2.26. The summed E-state index contributed by atoms with van der Waals surface area (Å²) >= 11 is 0. The number of pyridine rings is 1. The standard InChI is InChI=1S/C12H16N4O5/c17-12(18)9-1-2-10(16(19)20)11(14-9)13-3-4-15-5-7-21-8-6-15/h1-2H,3-8H2,(H,13,14)(H,17,18). The number of anilines is 1. The number of carboxylic acid groups (broad SMARTS) is 1. The van der Waals surface area contributed by atoms with Gasteiger partial charge in [0, 0.05) is 32.2 Å². The van der Waals surface area contributed by atoms with Crippen LogP contribution in [0.25, 0.3) is 0 Å². The van der Waals surface area contributed by atoms with Gasteiger partial charge in [0.1, 0.15) is 0 Å². The molecule has 1 fully saturated rings. The number of aromatic carboxylic acids is 1. The van der Waals surface area contributed by atoms with E-state index in [-0.39, 0.29) is 17.2 Å². The minimum atomic E-state index is -1.22. The van der Waals surface area contributed by atoms with Gasteiger partial charge in [-0.2, -0.15) is 0 Å². The van der Waals surface area contributed by atoms with E-state index < -0.39 is 10.9 Å². The first-order valence-electron chi connectivity index (χ1n) is 6.50. The number of rotatable bonds is 6. The Kier molecular flexibility index (Phi) is 5.01. The summed E-state index contributed by atoms with van der Waals surface area (Å²) in [4.78, 5) is 27.1. The fraction of sp³-hybridized carbons (Fsp3) is 0.500. The summed E-state index contributed by atoms with van der Waals surface area (Å²) in [6.07, 6.45) is 0. The van der Waals surface area contributed by atoms with Crippen molar-refractivity contribution in [3.63, 3.8) is 0 Å². The number of carbonyl (C=O) groups is 1. The van der Waals surface area contributed by atoms with Gasteiger partial charge in [0.2, 0.25) is 5.82 Å². The van der Waals surface area contributed by atoms with Crippen LogP contribution in [0, 0.1) is 10.1 Å². The molecule has 0 unspecified atom stereocenters. The van der Waals surface area contributed by atoms with Crippen molar-refractivity contribution < 1.29 is 19.6 Å². The molecule has 0 bridgehead atoms. The maximum atomic E-state index is 10.9. The van der Waals surface area contributed by atoms with Crippen LogP contribution in [0.1, 0.15) is 10.5 Å². The van der Waals surface area contributed by atoms with Crippen molar-refractivity contribution in [3.05, 3.63) is 27.9 Å². The molecule has 2 rings (SSSR count). The van der Waals surface area contributed by atoms with Crippen LogP contribution < -0.4 is 5.32 Å². The second kappa shape index (κ2) is 6.95. The van der Waals surface area contributed by atoms with E-state index in [0.717, 1.165) is 25.2 Å². The fourth-order valence-electron chi connectivity index (χ4n) is 2.01. The Bertz CT molecular complexity index is 530. The Morgan fingerprint density at radius 1 is 1.48 bits per heavy atom. The summed E-state index contributed by atoms with van der Waals surface area (Å²) in [7, 11) is 0. The first-order chi connectivity index (χ1) is 10.1. The Balaban J connectivity index is 2.00. The summed E-state index contributed by atoms with van der Waals surface area (Å²) < 4.78 is 5.23. The molecule has 1 aliphatic heterocycles. The van der Waals surface area contributed by atoms with Gasteiger partial charge >= 0.3 is 11.7 Å². The highest BCUT2D eigenvalue weighted by Crippen LogP contribution is 2.21. The van der Waals surface area contributed by atoms with E-state index in [9.17, 15) is 14.9 Å². The first-order valence-corrected chi connectivity index (χ1v) is 6.50. The second-order valence-electron chi connectivity index (χ2n) is 4.51. The number of nitrogens with one attached hydrogen (secondary N) is 1. The zero-order valence-electron chi connectivity index (χ0n) is 11.3. The first kappa shape index (κ1) is 15.1. The SMILES string of the molecule is O=C(O)c1ccc([N+](=O)[O-])c(NCCN2CCOCC2)n1. The summed E-state index contributed by atoms with van der Waals surface area (Å²) in [6.45, 7) is 4.09. The predicted octanol–water partition coefficient (Wildman–Crippen LogP) is 0.432. The van der Waals surface area contributed by atoms with Crippen molar-refractivity contribution >= 4 is 17.5 Å². The lowest BCUT2D eigenvalue weighted by atomic mass is 10.3. The van der Waals surface area contributed by atoms with Crippen LogP contribution in [-0.4, -0.2) is 65.3 Å². The molecule has 114 valence electrons. The van der Waals surface area contributed by atoms with Crippen molar-refractivity contribution in [1.29, 1.82) is 0 Å². The van der Waals surface area contributed by atoms with Gasteiger partial charge in [0.05, 0.1) is 18.1 Å². The van der Waals surface area contributed by atoms with E-state index in [4.69, 9.17) is 9.84 Å². The highest BCUT2D eigenvalue weighted by atomic mass is 16.6. The van der Waals surface area contributed by atoms with E-state index in [1.165, 1.54) is 0 Å². The van der Waals surface area contributed by atoms with Crippen LogP contribution in [0.4, 0.5) is 11.5 Å². The number of hydrogen-bond donors (Lipinski definition) is 2. The van der Waals surface area contributed by atoms with E-state index in [0.29, 0.717) is 26.3 Å². The molecule has 1 saturated heterocycles. The molecule has 0 amide bonds. The van der Waals surface area contributed by atoms with Crippen LogP contribution in [0.5, 0.6) is 0 Å². The molecular formula is C12H16N4O5. The summed E-state index contributed by atoms with van der Waals surface area (Å²) in [5.41, 5.74) is -0.462. The Morgan fingerprint density at radius 3 is 2.81 bits per heavy atom. The average molecular weight is 296 g/mol. The monoisotopic (exact) mass is 296 g/mol. The Hall–Kier alpha value is -2.26. The molecule has 1 aromatic heterocycles. The van der Waals surface area contributed by atoms with Crippen LogP contribution >= 0.6 is 0 Å². The Morgan fingerprint density at radius 2 is 2.19 bits per heavy atom. The summed E-state index contributed by atoms with van der Waals surface area (Å²) in [5, 5.41) is 22.6. The van der Waals surface area contributed by atoms with Crippen molar-refractivity contribution in [2.45, 2.75) is 0 Å². The zero-order chi connectivity index (χ0) is 15.2. The quantitative estimate of drug-likeness (QED) is 0.573. The third kappa shape index (κ3) is 4.10. The zero-order valence-corrected chi connectivity index (χ0v) is 11.3. The molecule has 0 atom stereocenters. The number of morpholine rings is 1. The minimum Gasteiger partial charge on any atom is -0.477 e. The van der Waals surface area contributed by atoms with Crippen LogP contribution in [0.2, 0.25) is 0 Å². The van der Waals surface area contributed by atoms with E-state index in [1.54, 1.807) is 0 Å². The molecule has 9 nitrogen and oxygen atoms in total. The fourth-order valence-corrected chi connectivity index (χ4v) is 2.01. The minimum absolute atomic E-state index is 0.0202. The maximum Gasteiger partial charge on any atom is 0.354 e. The van der Waals surface area contributed by atoms with Gasteiger partial charge in [-0.25, -0.2) is 9.78 Å². The lowest BCUT2D eigenvalue weighted by molar-refractivity contribution is -0.384. The van der Waals surface area contributed by atoms with Gasteiger partial charge in [-0.15, -0.1) is 0 Å². The molecule has 0 aliphatic carbocycles. The normalized spacial score (nSPS) is 15.6. The number of hydrogen-bond acceptors (Lipinski definition) is 7. The highest BCUT2D eigenvalue weighted by Gasteiger charge is 2.18. The molecule has 0 spiro atoms. The van der Waals surface area contributed by atoms with Crippen LogP contribution in [0.3, 0.4) is 0 Å². The Labute approximate surface area is 120 Å². The van der Waals surface area contributed by atoms with Crippen molar-refractivity contribution in [3.8, 4) is 0 Å². The number of nitrogens with zero attached hydrogens (tertiary/aromatic N) is 3. The van der Waals surface area contributed by atoms with Gasteiger partial charge in [0.25, 0.3) is 0 Å². The summed E-state index contributed by atoms with van der Waals surface area (Å²) in [6, 6.07) is 2.27. The molecule has 1 aromatic rings. The van der Waals surface area contributed by atoms with Gasteiger partial charge in [-0.05, 0) is 6.07 Å². The average Bonchev–Trinajstić information content (AvgIpc) is 2.48. The third-order valence-corrected chi connectivity index (χ3v) is 3.11. The molecule has 21 heavy (non-hydrogen) atoms. The predicted molar refractivity (Wildman–Crippen MR) is 73.6 cm³/mol. The van der Waals surface area contributed by atoms with Gasteiger partial charge < -0.3 is 15.2 Å². The molecule has 0 saturated carbocycles. The maximum absolute atomic E-state index is 10.9. The summed E-state index contributed by atoms with van der Waals surface area (Å²) in [5.74, 6) is -1.24. The van der Waals surface area contributed by atoms with E-state index >= 15 is 0 Å². The third-order valence-electron chi connectivity index (χ3n) is 3.11. The van der Waals surface area contributed by atoms with Crippen molar-refractivity contribution in [2.24, 2.45) is 0 Å². The second-order valence-corrected chi connectivity index (χ2v) is 4.51. The molecule has 9 heteroatoms. The molecule has 2 N–H and O–H groups in total. The molecule has 2 heterocycles. The van der Waals surface area contributed by atoms with Crippen LogP contribution in [-0.2, 0) is 4.74 Å². The lowest BCUT2D eigenvalue weighted by Crippen LogP contribution is -2.39. The van der Waals surface area contributed by atoms with E-state index in [1.807, 2.05) is 0 Å².